The van der Waals surface area contributed by atoms with E-state index < -0.39 is 12.0 Å². The maximum atomic E-state index is 11.0. The molecule has 2 rings (SSSR count). The number of nitrogens with one attached hydrogen (secondary N) is 1. The Labute approximate surface area is 125 Å². The molecule has 4 heteroatoms. The van der Waals surface area contributed by atoms with E-state index in [1.165, 1.54) is 11.1 Å². The van der Waals surface area contributed by atoms with E-state index >= 15 is 0 Å². The van der Waals surface area contributed by atoms with Gasteiger partial charge in [-0.05, 0) is 23.5 Å². The van der Waals surface area contributed by atoms with Gasteiger partial charge in [0.25, 0.3) is 0 Å². The summed E-state index contributed by atoms with van der Waals surface area (Å²) in [5.41, 5.74) is 2.64. The first-order valence-corrected chi connectivity index (χ1v) is 8.21. The van der Waals surface area contributed by atoms with Crippen LogP contribution in [0, 0.1) is 5.92 Å². The number of rotatable bonds is 5. The first kappa shape index (κ1) is 15.4. The Morgan fingerprint density at radius 1 is 1.35 bits per heavy atom. The number of hydrogen-bond acceptors (Lipinski definition) is 3. The van der Waals surface area contributed by atoms with Crippen molar-refractivity contribution in [2.24, 2.45) is 5.92 Å². The van der Waals surface area contributed by atoms with Crippen LogP contribution in [0.15, 0.2) is 24.3 Å². The van der Waals surface area contributed by atoms with Crippen LogP contribution in [0.1, 0.15) is 37.8 Å². The van der Waals surface area contributed by atoms with Crippen molar-refractivity contribution < 1.29 is 9.90 Å². The van der Waals surface area contributed by atoms with Crippen molar-refractivity contribution in [3.63, 3.8) is 0 Å². The fourth-order valence-corrected chi connectivity index (χ4v) is 3.87. The van der Waals surface area contributed by atoms with Crippen LogP contribution in [-0.2, 0) is 11.2 Å². The zero-order chi connectivity index (χ0) is 14.7. The second kappa shape index (κ2) is 6.64. The lowest BCUT2D eigenvalue weighted by molar-refractivity contribution is -0.138. The van der Waals surface area contributed by atoms with E-state index in [0.717, 1.165) is 6.42 Å². The second-order valence-electron chi connectivity index (χ2n) is 5.94. The number of carbonyl (C=O) groups is 1. The van der Waals surface area contributed by atoms with Gasteiger partial charge in [-0.3, -0.25) is 10.1 Å². The molecule has 1 aliphatic rings. The van der Waals surface area contributed by atoms with Crippen molar-refractivity contribution in [2.75, 3.05) is 5.75 Å². The van der Waals surface area contributed by atoms with Gasteiger partial charge in [0.1, 0.15) is 6.04 Å². The molecule has 1 aliphatic heterocycles. The Morgan fingerprint density at radius 2 is 2.00 bits per heavy atom. The average Bonchev–Trinajstić information content (AvgIpc) is 2.88. The topological polar surface area (TPSA) is 49.3 Å². The molecule has 0 aliphatic carbocycles. The molecule has 0 saturated carbocycles. The quantitative estimate of drug-likeness (QED) is 0.876. The highest BCUT2D eigenvalue weighted by Crippen LogP contribution is 2.31. The van der Waals surface area contributed by atoms with Crippen molar-refractivity contribution in [2.45, 2.75) is 44.5 Å². The van der Waals surface area contributed by atoms with Crippen molar-refractivity contribution in [1.29, 1.82) is 0 Å². The summed E-state index contributed by atoms with van der Waals surface area (Å²) in [6.07, 6.45) is 1.10. The summed E-state index contributed by atoms with van der Waals surface area (Å²) in [6, 6.07) is 8.34. The van der Waals surface area contributed by atoms with Gasteiger partial charge in [0.05, 0.1) is 5.37 Å². The molecule has 1 aromatic carbocycles. The molecule has 1 fully saturated rings. The SMILES string of the molecule is CC(C)Cc1ccc([C@@H](C)[C@@H]2N[C@H](C(=O)O)CS2)cc1. The molecule has 0 bridgehead atoms. The van der Waals surface area contributed by atoms with Crippen LogP contribution in [0.2, 0.25) is 0 Å². The molecule has 0 aromatic heterocycles. The van der Waals surface area contributed by atoms with Gasteiger partial charge < -0.3 is 5.11 Å². The Bertz CT molecular complexity index is 458. The van der Waals surface area contributed by atoms with Crippen LogP contribution < -0.4 is 5.32 Å². The summed E-state index contributed by atoms with van der Waals surface area (Å²) in [7, 11) is 0. The highest BCUT2D eigenvalue weighted by Gasteiger charge is 2.32. The van der Waals surface area contributed by atoms with Crippen molar-refractivity contribution in [3.8, 4) is 0 Å². The fourth-order valence-electron chi connectivity index (χ4n) is 2.53. The summed E-state index contributed by atoms with van der Waals surface area (Å²) < 4.78 is 0. The molecular weight excluding hydrogens is 270 g/mol. The normalized spacial score (nSPS) is 24.0. The van der Waals surface area contributed by atoms with Crippen molar-refractivity contribution >= 4 is 17.7 Å². The van der Waals surface area contributed by atoms with Crippen molar-refractivity contribution in [1.82, 2.24) is 5.32 Å². The van der Waals surface area contributed by atoms with Gasteiger partial charge in [0.2, 0.25) is 0 Å². The van der Waals surface area contributed by atoms with Crippen LogP contribution in [0.4, 0.5) is 0 Å². The minimum atomic E-state index is -0.750. The fraction of sp³-hybridized carbons (Fsp3) is 0.562. The lowest BCUT2D eigenvalue weighted by Crippen LogP contribution is -2.38. The maximum absolute atomic E-state index is 11.0. The Hall–Kier alpha value is -1.00. The molecule has 0 radical (unpaired) electrons. The van der Waals surface area contributed by atoms with Crippen LogP contribution in [0.3, 0.4) is 0 Å². The molecule has 1 aromatic rings. The van der Waals surface area contributed by atoms with Crippen LogP contribution >= 0.6 is 11.8 Å². The molecule has 1 heterocycles. The van der Waals surface area contributed by atoms with E-state index in [0.29, 0.717) is 17.6 Å². The molecule has 20 heavy (non-hydrogen) atoms. The third-order valence-corrected chi connectivity index (χ3v) is 5.14. The summed E-state index contributed by atoms with van der Waals surface area (Å²) in [5, 5.41) is 12.4. The smallest absolute Gasteiger partial charge is 0.321 e. The summed E-state index contributed by atoms with van der Waals surface area (Å²) in [6.45, 7) is 6.61. The maximum Gasteiger partial charge on any atom is 0.321 e. The van der Waals surface area contributed by atoms with Gasteiger partial charge in [-0.2, -0.15) is 0 Å². The van der Waals surface area contributed by atoms with E-state index in [9.17, 15) is 4.79 Å². The number of thioether (sulfide) groups is 1. The zero-order valence-corrected chi connectivity index (χ0v) is 13.1. The Kier molecular flexibility index (Phi) is 5.11. The molecule has 1 saturated heterocycles. The Morgan fingerprint density at radius 3 is 2.50 bits per heavy atom. The van der Waals surface area contributed by atoms with Crippen LogP contribution in [0.25, 0.3) is 0 Å². The number of carboxylic acid groups (broad SMARTS) is 1. The molecule has 0 amide bonds. The predicted octanol–water partition coefficient (Wildman–Crippen LogP) is 3.10. The van der Waals surface area contributed by atoms with Gasteiger partial charge in [-0.15, -0.1) is 11.8 Å². The highest BCUT2D eigenvalue weighted by molar-refractivity contribution is 8.00. The van der Waals surface area contributed by atoms with Gasteiger partial charge in [-0.25, -0.2) is 0 Å². The largest absolute Gasteiger partial charge is 0.480 e. The Balaban J connectivity index is 1.99. The van der Waals surface area contributed by atoms with Crippen molar-refractivity contribution in [3.05, 3.63) is 35.4 Å². The van der Waals surface area contributed by atoms with Crippen LogP contribution in [-0.4, -0.2) is 28.2 Å². The average molecular weight is 293 g/mol. The number of carboxylic acids is 1. The minimum Gasteiger partial charge on any atom is -0.480 e. The summed E-state index contributed by atoms with van der Waals surface area (Å²) >= 11 is 1.70. The standard InChI is InChI=1S/C16H23NO2S/c1-10(2)8-12-4-6-13(7-5-12)11(3)15-17-14(9-20-15)16(18)19/h4-7,10-11,14-15,17H,8-9H2,1-3H3,(H,18,19)/t11-,14+,15-/m1/s1. The lowest BCUT2D eigenvalue weighted by Gasteiger charge is -2.20. The number of hydrogen-bond donors (Lipinski definition) is 2. The van der Waals surface area contributed by atoms with E-state index in [1.54, 1.807) is 11.8 Å². The van der Waals surface area contributed by atoms with Crippen LogP contribution in [0.5, 0.6) is 0 Å². The number of aliphatic carboxylic acids is 1. The first-order valence-electron chi connectivity index (χ1n) is 7.16. The monoisotopic (exact) mass is 293 g/mol. The minimum absolute atomic E-state index is 0.187. The molecule has 110 valence electrons. The predicted molar refractivity (Wildman–Crippen MR) is 84.2 cm³/mol. The van der Waals surface area contributed by atoms with E-state index in [1.807, 2.05) is 0 Å². The van der Waals surface area contributed by atoms with Gasteiger partial charge in [0, 0.05) is 11.7 Å². The van der Waals surface area contributed by atoms with E-state index in [-0.39, 0.29) is 5.37 Å². The molecule has 0 unspecified atom stereocenters. The van der Waals surface area contributed by atoms with E-state index in [4.69, 9.17) is 5.11 Å². The molecule has 2 N–H and O–H groups in total. The molecule has 3 atom stereocenters. The third-order valence-electron chi connectivity index (χ3n) is 3.71. The molecule has 3 nitrogen and oxygen atoms in total. The zero-order valence-electron chi connectivity index (χ0n) is 12.3. The third kappa shape index (κ3) is 3.76. The lowest BCUT2D eigenvalue weighted by atomic mass is 9.96. The summed E-state index contributed by atoms with van der Waals surface area (Å²) in [4.78, 5) is 11.0. The molecular formula is C16H23NO2S. The van der Waals surface area contributed by atoms with Gasteiger partial charge in [-0.1, -0.05) is 45.0 Å². The number of benzene rings is 1. The second-order valence-corrected chi connectivity index (χ2v) is 7.11. The summed E-state index contributed by atoms with van der Waals surface area (Å²) in [5.74, 6) is 0.883. The van der Waals surface area contributed by atoms with Gasteiger partial charge >= 0.3 is 5.97 Å². The highest BCUT2D eigenvalue weighted by atomic mass is 32.2. The van der Waals surface area contributed by atoms with Gasteiger partial charge in [0.15, 0.2) is 0 Å². The van der Waals surface area contributed by atoms with E-state index in [2.05, 4.69) is 50.4 Å². The first-order chi connectivity index (χ1) is 9.47. The molecule has 0 spiro atoms.